The Balaban J connectivity index is 0.00000112. The van der Waals surface area contributed by atoms with Gasteiger partial charge < -0.3 is 20.3 Å². The predicted molar refractivity (Wildman–Crippen MR) is 58.5 cm³/mol. The van der Waals surface area contributed by atoms with E-state index in [-0.39, 0.29) is 24.5 Å². The van der Waals surface area contributed by atoms with Crippen LogP contribution in [0.3, 0.4) is 0 Å². The van der Waals surface area contributed by atoms with E-state index in [0.717, 1.165) is 0 Å². The molecule has 2 heterocycles. The molecule has 2 aromatic rings. The lowest BCUT2D eigenvalue weighted by Crippen LogP contribution is -2.25. The van der Waals surface area contributed by atoms with E-state index in [1.807, 2.05) is 0 Å². The molecule has 0 radical (unpaired) electrons. The van der Waals surface area contributed by atoms with Gasteiger partial charge in [0.1, 0.15) is 11.5 Å². The monoisotopic (exact) mass is 228 g/mol. The smallest absolute Gasteiger partial charge is 0.122 e. The molecule has 2 atom stereocenters. The van der Waals surface area contributed by atoms with Gasteiger partial charge in [0.05, 0.1) is 24.6 Å². The van der Waals surface area contributed by atoms with Crippen molar-refractivity contribution in [2.75, 3.05) is 0 Å². The normalized spacial score (nSPS) is 14.3. The third kappa shape index (κ3) is 2.41. The molecular formula is C10H13ClN2O2. The van der Waals surface area contributed by atoms with Gasteiger partial charge in [-0.15, -0.1) is 12.4 Å². The van der Waals surface area contributed by atoms with Crippen LogP contribution < -0.4 is 11.5 Å². The molecule has 0 saturated heterocycles. The Hall–Kier alpha value is -1.23. The number of nitrogens with two attached hydrogens (primary N) is 2. The molecule has 0 unspecified atom stereocenters. The first-order valence-corrected chi connectivity index (χ1v) is 4.37. The van der Waals surface area contributed by atoms with Crippen LogP contribution >= 0.6 is 12.4 Å². The van der Waals surface area contributed by atoms with Crippen LogP contribution in [0.1, 0.15) is 23.6 Å². The first kappa shape index (κ1) is 11.8. The summed E-state index contributed by atoms with van der Waals surface area (Å²) in [5.41, 5.74) is 11.8. The number of halogens is 1. The van der Waals surface area contributed by atoms with Gasteiger partial charge in [-0.3, -0.25) is 0 Å². The molecule has 5 heteroatoms. The molecule has 0 aliphatic rings. The van der Waals surface area contributed by atoms with Crippen LogP contribution in [0.4, 0.5) is 0 Å². The molecule has 0 amide bonds. The van der Waals surface area contributed by atoms with Gasteiger partial charge in [-0.05, 0) is 24.3 Å². The zero-order chi connectivity index (χ0) is 9.97. The number of hydrogen-bond donors (Lipinski definition) is 2. The van der Waals surface area contributed by atoms with E-state index in [0.29, 0.717) is 11.5 Å². The maximum Gasteiger partial charge on any atom is 0.122 e. The average Bonchev–Trinajstić information content (AvgIpc) is 2.87. The van der Waals surface area contributed by atoms with E-state index in [1.165, 1.54) is 0 Å². The van der Waals surface area contributed by atoms with Crippen molar-refractivity contribution < 1.29 is 8.83 Å². The molecule has 0 spiro atoms. The van der Waals surface area contributed by atoms with E-state index in [4.69, 9.17) is 20.3 Å². The highest BCUT2D eigenvalue weighted by Gasteiger charge is 2.21. The lowest BCUT2D eigenvalue weighted by atomic mass is 10.1. The van der Waals surface area contributed by atoms with Crippen LogP contribution in [0.25, 0.3) is 0 Å². The lowest BCUT2D eigenvalue weighted by Gasteiger charge is -2.15. The fourth-order valence-corrected chi connectivity index (χ4v) is 1.32. The van der Waals surface area contributed by atoms with Crippen LogP contribution in [-0.2, 0) is 0 Å². The van der Waals surface area contributed by atoms with Crippen LogP contribution in [0.5, 0.6) is 0 Å². The van der Waals surface area contributed by atoms with Gasteiger partial charge in [0.2, 0.25) is 0 Å². The van der Waals surface area contributed by atoms with Gasteiger partial charge in [0, 0.05) is 0 Å². The first-order chi connectivity index (χ1) is 6.79. The van der Waals surface area contributed by atoms with Crippen LogP contribution in [0, 0.1) is 0 Å². The highest BCUT2D eigenvalue weighted by molar-refractivity contribution is 5.85. The van der Waals surface area contributed by atoms with Gasteiger partial charge in [-0.25, -0.2) is 0 Å². The minimum atomic E-state index is -0.379. The van der Waals surface area contributed by atoms with Crippen molar-refractivity contribution in [3.63, 3.8) is 0 Å². The molecule has 0 aliphatic carbocycles. The Morgan fingerprint density at radius 2 is 1.27 bits per heavy atom. The number of hydrogen-bond acceptors (Lipinski definition) is 4. The molecule has 0 aromatic carbocycles. The molecular weight excluding hydrogens is 216 g/mol. The Morgan fingerprint density at radius 3 is 1.53 bits per heavy atom. The molecule has 15 heavy (non-hydrogen) atoms. The Bertz CT molecular complexity index is 334. The number of rotatable bonds is 3. The van der Waals surface area contributed by atoms with Crippen LogP contribution in [0.15, 0.2) is 45.6 Å². The average molecular weight is 229 g/mol. The fraction of sp³-hybridized carbons (Fsp3) is 0.200. The van der Waals surface area contributed by atoms with Crippen molar-refractivity contribution in [2.45, 2.75) is 12.1 Å². The second-order valence-corrected chi connectivity index (χ2v) is 3.08. The Labute approximate surface area is 93.6 Å². The summed E-state index contributed by atoms with van der Waals surface area (Å²) in [6.07, 6.45) is 3.15. The van der Waals surface area contributed by atoms with Crippen LogP contribution in [-0.4, -0.2) is 0 Å². The fourth-order valence-electron chi connectivity index (χ4n) is 1.32. The van der Waals surface area contributed by atoms with E-state index in [2.05, 4.69) is 0 Å². The summed E-state index contributed by atoms with van der Waals surface area (Å²) in [5.74, 6) is 1.32. The van der Waals surface area contributed by atoms with E-state index < -0.39 is 0 Å². The highest BCUT2D eigenvalue weighted by Crippen LogP contribution is 2.24. The maximum absolute atomic E-state index is 5.90. The lowest BCUT2D eigenvalue weighted by molar-refractivity contribution is 0.381. The minimum absolute atomic E-state index is 0. The highest BCUT2D eigenvalue weighted by atomic mass is 35.5. The molecule has 0 aliphatic heterocycles. The van der Waals surface area contributed by atoms with Gasteiger partial charge in [-0.1, -0.05) is 0 Å². The van der Waals surface area contributed by atoms with Crippen molar-refractivity contribution in [3.8, 4) is 0 Å². The Morgan fingerprint density at radius 1 is 0.867 bits per heavy atom. The summed E-state index contributed by atoms with van der Waals surface area (Å²) in [5, 5.41) is 0. The predicted octanol–water partition coefficient (Wildman–Crippen LogP) is 1.99. The standard InChI is InChI=1S/C10H12N2O2.ClH/c11-9(7-3-1-5-13-7)10(12)8-4-2-6-14-8;/h1-6,9-10H,11-12H2;1H/t9-,10-;/m0./s1. The second kappa shape index (κ2) is 5.02. The number of furan rings is 2. The van der Waals surface area contributed by atoms with Gasteiger partial charge in [-0.2, -0.15) is 0 Å². The SMILES string of the molecule is Cl.N[C@@H](c1ccco1)[C@@H](N)c1ccco1. The molecule has 0 bridgehead atoms. The molecule has 0 saturated carbocycles. The van der Waals surface area contributed by atoms with Gasteiger partial charge in [0.25, 0.3) is 0 Å². The third-order valence-electron chi connectivity index (χ3n) is 2.13. The summed E-state index contributed by atoms with van der Waals surface area (Å²) in [7, 11) is 0. The van der Waals surface area contributed by atoms with Crippen molar-refractivity contribution in [2.24, 2.45) is 11.5 Å². The maximum atomic E-state index is 5.90. The summed E-state index contributed by atoms with van der Waals surface area (Å²) < 4.78 is 10.3. The summed E-state index contributed by atoms with van der Waals surface area (Å²) in [6, 6.07) is 6.40. The van der Waals surface area contributed by atoms with E-state index in [1.54, 1.807) is 36.8 Å². The van der Waals surface area contributed by atoms with Crippen molar-refractivity contribution in [1.82, 2.24) is 0 Å². The first-order valence-electron chi connectivity index (χ1n) is 4.37. The van der Waals surface area contributed by atoms with Crippen molar-refractivity contribution in [3.05, 3.63) is 48.3 Å². The second-order valence-electron chi connectivity index (χ2n) is 3.08. The molecule has 4 nitrogen and oxygen atoms in total. The zero-order valence-corrected chi connectivity index (χ0v) is 8.81. The van der Waals surface area contributed by atoms with Crippen molar-refractivity contribution >= 4 is 12.4 Å². The molecule has 2 aromatic heterocycles. The van der Waals surface area contributed by atoms with E-state index in [9.17, 15) is 0 Å². The molecule has 2 rings (SSSR count). The molecule has 82 valence electrons. The summed E-state index contributed by atoms with van der Waals surface area (Å²) in [4.78, 5) is 0. The van der Waals surface area contributed by atoms with Crippen molar-refractivity contribution in [1.29, 1.82) is 0 Å². The molecule has 0 fully saturated rings. The zero-order valence-electron chi connectivity index (χ0n) is 8.00. The molecule has 4 N–H and O–H groups in total. The van der Waals surface area contributed by atoms with Gasteiger partial charge >= 0.3 is 0 Å². The minimum Gasteiger partial charge on any atom is -0.468 e. The quantitative estimate of drug-likeness (QED) is 0.842. The summed E-state index contributed by atoms with van der Waals surface area (Å²) >= 11 is 0. The topological polar surface area (TPSA) is 78.3 Å². The largest absolute Gasteiger partial charge is 0.468 e. The van der Waals surface area contributed by atoms with Crippen LogP contribution in [0.2, 0.25) is 0 Å². The van der Waals surface area contributed by atoms with Gasteiger partial charge in [0.15, 0.2) is 0 Å². The summed E-state index contributed by atoms with van der Waals surface area (Å²) in [6.45, 7) is 0. The Kier molecular flexibility index (Phi) is 3.96. The third-order valence-corrected chi connectivity index (χ3v) is 2.13. The van der Waals surface area contributed by atoms with E-state index >= 15 is 0 Å².